The Labute approximate surface area is 146 Å². The van der Waals surface area contributed by atoms with E-state index in [0.29, 0.717) is 18.8 Å². The van der Waals surface area contributed by atoms with Crippen LogP contribution in [0.1, 0.15) is 31.1 Å². The standard InChI is InChI=1S/C18H22N2O3S/c1-2-3-4-11-23-15-9-7-14(8-10-15)20-18(22)17(21)19-13-16-6-5-12-24-16/h5-10,12H,2-4,11,13H2,1H3,(H,19,21)(H,20,22). The summed E-state index contributed by atoms with van der Waals surface area (Å²) in [5.41, 5.74) is 0.562. The number of hydrogen-bond donors (Lipinski definition) is 2. The first-order chi connectivity index (χ1) is 11.7. The van der Waals surface area contributed by atoms with Crippen molar-refractivity contribution in [3.05, 3.63) is 46.7 Å². The van der Waals surface area contributed by atoms with Crippen molar-refractivity contribution in [2.24, 2.45) is 0 Å². The van der Waals surface area contributed by atoms with Crippen molar-refractivity contribution >= 4 is 28.8 Å². The third kappa shape index (κ3) is 6.04. The molecule has 2 N–H and O–H groups in total. The second-order valence-corrected chi connectivity index (χ2v) is 6.33. The fraction of sp³-hybridized carbons (Fsp3) is 0.333. The maximum atomic E-state index is 11.8. The Kier molecular flexibility index (Phi) is 7.29. The molecule has 0 fully saturated rings. The Hall–Kier alpha value is -2.34. The van der Waals surface area contributed by atoms with Crippen LogP contribution < -0.4 is 15.4 Å². The first kappa shape index (κ1) is 18.0. The quantitative estimate of drug-likeness (QED) is 0.567. The molecule has 0 bridgehead atoms. The predicted molar refractivity (Wildman–Crippen MR) is 96.3 cm³/mol. The minimum Gasteiger partial charge on any atom is -0.494 e. The third-order valence-corrected chi connectivity index (χ3v) is 4.21. The number of ether oxygens (including phenoxy) is 1. The van der Waals surface area contributed by atoms with Crippen molar-refractivity contribution in [2.45, 2.75) is 32.7 Å². The molecule has 24 heavy (non-hydrogen) atoms. The lowest BCUT2D eigenvalue weighted by molar-refractivity contribution is -0.136. The molecule has 2 aromatic rings. The van der Waals surface area contributed by atoms with E-state index in [1.807, 2.05) is 17.5 Å². The largest absolute Gasteiger partial charge is 0.494 e. The average Bonchev–Trinajstić information content (AvgIpc) is 3.11. The van der Waals surface area contributed by atoms with Gasteiger partial charge in [-0.1, -0.05) is 25.8 Å². The lowest BCUT2D eigenvalue weighted by Crippen LogP contribution is -2.34. The molecule has 128 valence electrons. The van der Waals surface area contributed by atoms with Gasteiger partial charge in [0.05, 0.1) is 13.2 Å². The van der Waals surface area contributed by atoms with Crippen molar-refractivity contribution < 1.29 is 14.3 Å². The second-order valence-electron chi connectivity index (χ2n) is 5.30. The van der Waals surface area contributed by atoms with E-state index in [1.165, 1.54) is 11.3 Å². The summed E-state index contributed by atoms with van der Waals surface area (Å²) < 4.78 is 5.60. The lowest BCUT2D eigenvalue weighted by Gasteiger charge is -2.08. The van der Waals surface area contributed by atoms with Crippen molar-refractivity contribution in [1.29, 1.82) is 0 Å². The van der Waals surface area contributed by atoms with E-state index in [4.69, 9.17) is 4.74 Å². The Bertz CT molecular complexity index is 639. The van der Waals surface area contributed by atoms with Crippen LogP contribution in [-0.4, -0.2) is 18.4 Å². The van der Waals surface area contributed by atoms with Crippen LogP contribution in [0.15, 0.2) is 41.8 Å². The lowest BCUT2D eigenvalue weighted by atomic mass is 10.2. The molecule has 5 nitrogen and oxygen atoms in total. The van der Waals surface area contributed by atoms with E-state index in [-0.39, 0.29) is 0 Å². The van der Waals surface area contributed by atoms with Gasteiger partial charge in [-0.2, -0.15) is 0 Å². The van der Waals surface area contributed by atoms with Gasteiger partial charge in [0.1, 0.15) is 5.75 Å². The molecular weight excluding hydrogens is 324 g/mol. The zero-order valence-corrected chi connectivity index (χ0v) is 14.5. The second kappa shape index (κ2) is 9.72. The summed E-state index contributed by atoms with van der Waals surface area (Å²) in [7, 11) is 0. The minimum absolute atomic E-state index is 0.356. The summed E-state index contributed by atoms with van der Waals surface area (Å²) in [6, 6.07) is 10.8. The zero-order chi connectivity index (χ0) is 17.2. The SMILES string of the molecule is CCCCCOc1ccc(NC(=O)C(=O)NCc2cccs2)cc1. The molecule has 0 spiro atoms. The number of anilines is 1. The van der Waals surface area contributed by atoms with E-state index in [9.17, 15) is 9.59 Å². The Morgan fingerprint density at radius 2 is 1.88 bits per heavy atom. The summed E-state index contributed by atoms with van der Waals surface area (Å²) in [6.45, 7) is 3.19. The van der Waals surface area contributed by atoms with Gasteiger partial charge in [-0.05, 0) is 42.1 Å². The smallest absolute Gasteiger partial charge is 0.313 e. The number of rotatable bonds is 8. The monoisotopic (exact) mass is 346 g/mol. The number of unbranched alkanes of at least 4 members (excludes halogenated alkanes) is 2. The van der Waals surface area contributed by atoms with Gasteiger partial charge in [0.15, 0.2) is 0 Å². The molecule has 1 heterocycles. The number of nitrogens with one attached hydrogen (secondary N) is 2. The van der Waals surface area contributed by atoms with Crippen LogP contribution in [0.2, 0.25) is 0 Å². The molecule has 0 radical (unpaired) electrons. The molecule has 0 saturated heterocycles. The summed E-state index contributed by atoms with van der Waals surface area (Å²) in [5.74, 6) is -0.572. The van der Waals surface area contributed by atoms with E-state index in [1.54, 1.807) is 24.3 Å². The van der Waals surface area contributed by atoms with Crippen LogP contribution in [0.5, 0.6) is 5.75 Å². The van der Waals surface area contributed by atoms with Crippen LogP contribution in [0.25, 0.3) is 0 Å². The van der Waals surface area contributed by atoms with Gasteiger partial charge in [-0.3, -0.25) is 9.59 Å². The van der Waals surface area contributed by atoms with E-state index in [0.717, 1.165) is 29.9 Å². The molecule has 0 aliphatic heterocycles. The van der Waals surface area contributed by atoms with Crippen LogP contribution in [0.3, 0.4) is 0 Å². The maximum absolute atomic E-state index is 11.8. The fourth-order valence-electron chi connectivity index (χ4n) is 2.03. The van der Waals surface area contributed by atoms with E-state index in [2.05, 4.69) is 17.6 Å². The molecule has 1 aromatic carbocycles. The topological polar surface area (TPSA) is 67.4 Å². The highest BCUT2D eigenvalue weighted by Gasteiger charge is 2.13. The molecule has 6 heteroatoms. The first-order valence-electron chi connectivity index (χ1n) is 8.03. The van der Waals surface area contributed by atoms with Crippen molar-refractivity contribution in [3.63, 3.8) is 0 Å². The number of hydrogen-bond acceptors (Lipinski definition) is 4. The molecule has 2 amide bonds. The van der Waals surface area contributed by atoms with Gasteiger partial charge in [0.25, 0.3) is 0 Å². The fourth-order valence-corrected chi connectivity index (χ4v) is 2.67. The molecule has 2 rings (SSSR count). The Morgan fingerprint density at radius 1 is 1.08 bits per heavy atom. The van der Waals surface area contributed by atoms with Crippen LogP contribution >= 0.6 is 11.3 Å². The molecular formula is C18H22N2O3S. The molecule has 1 aromatic heterocycles. The van der Waals surface area contributed by atoms with Gasteiger partial charge in [-0.15, -0.1) is 11.3 Å². The number of carbonyl (C=O) groups excluding carboxylic acids is 2. The zero-order valence-electron chi connectivity index (χ0n) is 13.7. The minimum atomic E-state index is -0.678. The van der Waals surface area contributed by atoms with Gasteiger partial charge in [0, 0.05) is 10.6 Å². The molecule has 0 unspecified atom stereocenters. The van der Waals surface area contributed by atoms with Gasteiger partial charge < -0.3 is 15.4 Å². The number of amides is 2. The van der Waals surface area contributed by atoms with Gasteiger partial charge >= 0.3 is 11.8 Å². The first-order valence-corrected chi connectivity index (χ1v) is 8.91. The van der Waals surface area contributed by atoms with Gasteiger partial charge in [0.2, 0.25) is 0 Å². The number of thiophene rings is 1. The van der Waals surface area contributed by atoms with E-state index >= 15 is 0 Å². The molecule has 0 saturated carbocycles. The van der Waals surface area contributed by atoms with E-state index < -0.39 is 11.8 Å². The molecule has 0 aliphatic rings. The van der Waals surface area contributed by atoms with Crippen molar-refractivity contribution in [2.75, 3.05) is 11.9 Å². The van der Waals surface area contributed by atoms with Gasteiger partial charge in [-0.25, -0.2) is 0 Å². The summed E-state index contributed by atoms with van der Waals surface area (Å²) in [4.78, 5) is 24.6. The summed E-state index contributed by atoms with van der Waals surface area (Å²) >= 11 is 1.53. The van der Waals surface area contributed by atoms with Crippen LogP contribution in [-0.2, 0) is 16.1 Å². The normalized spacial score (nSPS) is 10.2. The maximum Gasteiger partial charge on any atom is 0.313 e. The van der Waals surface area contributed by atoms with Crippen molar-refractivity contribution in [1.82, 2.24) is 5.32 Å². The number of carbonyl (C=O) groups is 2. The van der Waals surface area contributed by atoms with Crippen LogP contribution in [0, 0.1) is 0 Å². The Morgan fingerprint density at radius 3 is 2.54 bits per heavy atom. The predicted octanol–water partition coefficient (Wildman–Crippen LogP) is 3.57. The number of benzene rings is 1. The highest BCUT2D eigenvalue weighted by Crippen LogP contribution is 2.16. The molecule has 0 aliphatic carbocycles. The highest BCUT2D eigenvalue weighted by atomic mass is 32.1. The van der Waals surface area contributed by atoms with Crippen molar-refractivity contribution in [3.8, 4) is 5.75 Å². The molecule has 0 atom stereocenters. The summed E-state index contributed by atoms with van der Waals surface area (Å²) in [6.07, 6.45) is 3.33. The Balaban J connectivity index is 1.75. The third-order valence-electron chi connectivity index (χ3n) is 3.34. The highest BCUT2D eigenvalue weighted by molar-refractivity contribution is 7.09. The average molecular weight is 346 g/mol. The van der Waals surface area contributed by atoms with Crippen LogP contribution in [0.4, 0.5) is 5.69 Å². The summed E-state index contributed by atoms with van der Waals surface area (Å²) in [5, 5.41) is 7.09.